The largest absolute Gasteiger partial charge is 0.396 e. The average molecular weight is 175 g/mol. The summed E-state index contributed by atoms with van der Waals surface area (Å²) in [6.45, 7) is 0.216. The summed E-state index contributed by atoms with van der Waals surface area (Å²) in [6, 6.07) is 8.29. The maximum atomic E-state index is 8.88. The van der Waals surface area contributed by atoms with Crippen LogP contribution >= 0.6 is 0 Å². The first kappa shape index (κ1) is 8.32. The van der Waals surface area contributed by atoms with Crippen molar-refractivity contribution in [1.82, 2.24) is 4.57 Å². The number of nitrogens with zero attached hydrogens (tertiary/aromatic N) is 1. The zero-order chi connectivity index (χ0) is 9.26. The fourth-order valence-corrected chi connectivity index (χ4v) is 1.70. The fourth-order valence-electron chi connectivity index (χ4n) is 1.70. The molecular weight excluding hydrogens is 162 g/mol. The lowest BCUT2D eigenvalue weighted by Gasteiger charge is -2.01. The Balaban J connectivity index is 2.63. The predicted molar refractivity (Wildman–Crippen MR) is 53.7 cm³/mol. The molecule has 0 aliphatic heterocycles. The number of fused-ring (bicyclic) bond motifs is 1. The van der Waals surface area contributed by atoms with Crippen molar-refractivity contribution in [2.24, 2.45) is 7.05 Å². The van der Waals surface area contributed by atoms with Crippen molar-refractivity contribution in [2.45, 2.75) is 6.42 Å². The molecule has 0 unspecified atom stereocenters. The van der Waals surface area contributed by atoms with Gasteiger partial charge in [-0.25, -0.2) is 0 Å². The summed E-state index contributed by atoms with van der Waals surface area (Å²) < 4.78 is 2.09. The van der Waals surface area contributed by atoms with Gasteiger partial charge < -0.3 is 9.67 Å². The summed E-state index contributed by atoms with van der Waals surface area (Å²) in [5.74, 6) is 0. The van der Waals surface area contributed by atoms with Gasteiger partial charge in [-0.2, -0.15) is 0 Å². The molecule has 0 amide bonds. The molecule has 0 saturated carbocycles. The van der Waals surface area contributed by atoms with Crippen molar-refractivity contribution in [3.05, 3.63) is 36.0 Å². The van der Waals surface area contributed by atoms with Gasteiger partial charge in [0.25, 0.3) is 0 Å². The van der Waals surface area contributed by atoms with E-state index in [4.69, 9.17) is 5.11 Å². The Morgan fingerprint density at radius 2 is 2.15 bits per heavy atom. The highest BCUT2D eigenvalue weighted by molar-refractivity contribution is 5.83. The highest BCUT2D eigenvalue weighted by Crippen LogP contribution is 2.19. The van der Waals surface area contributed by atoms with E-state index in [-0.39, 0.29) is 6.61 Å². The fraction of sp³-hybridized carbons (Fsp3) is 0.273. The van der Waals surface area contributed by atoms with E-state index in [0.29, 0.717) is 0 Å². The van der Waals surface area contributed by atoms with Gasteiger partial charge in [0, 0.05) is 30.8 Å². The maximum absolute atomic E-state index is 8.88. The number of aliphatic hydroxyl groups excluding tert-OH is 1. The third kappa shape index (κ3) is 1.33. The molecule has 0 saturated heterocycles. The van der Waals surface area contributed by atoms with E-state index in [1.54, 1.807) is 0 Å². The Morgan fingerprint density at radius 3 is 2.92 bits per heavy atom. The smallest absolute Gasteiger partial charge is 0.0480 e. The highest BCUT2D eigenvalue weighted by atomic mass is 16.2. The summed E-state index contributed by atoms with van der Waals surface area (Å²) in [6.07, 6.45) is 2.78. The number of hydrogen-bond acceptors (Lipinski definition) is 1. The number of hydrogen-bond donors (Lipinski definition) is 1. The number of rotatable bonds is 2. The third-order valence-corrected chi connectivity index (χ3v) is 2.40. The van der Waals surface area contributed by atoms with Crippen LogP contribution in [-0.2, 0) is 13.5 Å². The first-order valence-corrected chi connectivity index (χ1v) is 4.46. The second kappa shape index (κ2) is 3.23. The van der Waals surface area contributed by atoms with Crippen LogP contribution in [0.4, 0.5) is 0 Å². The minimum Gasteiger partial charge on any atom is -0.396 e. The van der Waals surface area contributed by atoms with Crippen LogP contribution in [0.25, 0.3) is 10.9 Å². The minimum absolute atomic E-state index is 0.216. The standard InChI is InChI=1S/C11H13NO/c1-12-7-5-10-9(6-8-13)3-2-4-11(10)12/h2-5,7,13H,6,8H2,1H3. The van der Waals surface area contributed by atoms with Crippen LogP contribution in [0.5, 0.6) is 0 Å². The van der Waals surface area contributed by atoms with Crippen molar-refractivity contribution >= 4 is 10.9 Å². The van der Waals surface area contributed by atoms with Crippen LogP contribution in [0.3, 0.4) is 0 Å². The highest BCUT2D eigenvalue weighted by Gasteiger charge is 2.01. The molecule has 0 fully saturated rings. The molecule has 2 nitrogen and oxygen atoms in total. The summed E-state index contributed by atoms with van der Waals surface area (Å²) in [7, 11) is 2.03. The van der Waals surface area contributed by atoms with Gasteiger partial charge in [-0.1, -0.05) is 12.1 Å². The van der Waals surface area contributed by atoms with Gasteiger partial charge in [-0.15, -0.1) is 0 Å². The zero-order valence-electron chi connectivity index (χ0n) is 7.70. The molecule has 0 spiro atoms. The van der Waals surface area contributed by atoms with E-state index >= 15 is 0 Å². The second-order valence-electron chi connectivity index (χ2n) is 3.25. The van der Waals surface area contributed by atoms with Crippen molar-refractivity contribution < 1.29 is 5.11 Å². The summed E-state index contributed by atoms with van der Waals surface area (Å²) >= 11 is 0. The molecular formula is C11H13NO. The summed E-state index contributed by atoms with van der Waals surface area (Å²) in [5.41, 5.74) is 2.45. The monoisotopic (exact) mass is 175 g/mol. The van der Waals surface area contributed by atoms with Gasteiger partial charge in [0.05, 0.1) is 0 Å². The van der Waals surface area contributed by atoms with Crippen LogP contribution < -0.4 is 0 Å². The Labute approximate surface area is 77.4 Å². The van der Waals surface area contributed by atoms with E-state index < -0.39 is 0 Å². The normalized spacial score (nSPS) is 10.9. The zero-order valence-corrected chi connectivity index (χ0v) is 7.70. The Kier molecular flexibility index (Phi) is 2.07. The van der Waals surface area contributed by atoms with E-state index in [9.17, 15) is 0 Å². The van der Waals surface area contributed by atoms with E-state index in [1.165, 1.54) is 16.5 Å². The molecule has 0 aliphatic carbocycles. The summed E-state index contributed by atoms with van der Waals surface area (Å²) in [5, 5.41) is 10.1. The van der Waals surface area contributed by atoms with Gasteiger partial charge >= 0.3 is 0 Å². The topological polar surface area (TPSA) is 25.2 Å². The molecule has 13 heavy (non-hydrogen) atoms. The van der Waals surface area contributed by atoms with Gasteiger partial charge in [-0.05, 0) is 24.1 Å². The van der Waals surface area contributed by atoms with Gasteiger partial charge in [0.2, 0.25) is 0 Å². The maximum Gasteiger partial charge on any atom is 0.0480 e. The molecule has 0 atom stereocenters. The molecule has 2 aromatic rings. The Morgan fingerprint density at radius 1 is 1.31 bits per heavy atom. The predicted octanol–water partition coefficient (Wildman–Crippen LogP) is 1.71. The van der Waals surface area contributed by atoms with Crippen molar-refractivity contribution in [2.75, 3.05) is 6.61 Å². The van der Waals surface area contributed by atoms with Crippen molar-refractivity contribution in [3.8, 4) is 0 Å². The molecule has 2 rings (SSSR count). The number of aliphatic hydroxyl groups is 1. The van der Waals surface area contributed by atoms with Gasteiger partial charge in [0.15, 0.2) is 0 Å². The molecule has 0 radical (unpaired) electrons. The Bertz CT molecular complexity index is 417. The lowest BCUT2D eigenvalue weighted by Crippen LogP contribution is -1.91. The molecule has 1 N–H and O–H groups in total. The van der Waals surface area contributed by atoms with Crippen LogP contribution in [-0.4, -0.2) is 16.3 Å². The van der Waals surface area contributed by atoms with E-state index in [0.717, 1.165) is 6.42 Å². The first-order valence-electron chi connectivity index (χ1n) is 4.46. The van der Waals surface area contributed by atoms with Crippen LogP contribution in [0, 0.1) is 0 Å². The number of benzene rings is 1. The minimum atomic E-state index is 0.216. The molecule has 0 aliphatic rings. The molecule has 2 heteroatoms. The average Bonchev–Trinajstić information content (AvgIpc) is 2.50. The Hall–Kier alpha value is -1.28. The van der Waals surface area contributed by atoms with E-state index in [2.05, 4.69) is 22.8 Å². The van der Waals surface area contributed by atoms with E-state index in [1.807, 2.05) is 19.3 Å². The van der Waals surface area contributed by atoms with Crippen molar-refractivity contribution in [3.63, 3.8) is 0 Å². The molecule has 68 valence electrons. The van der Waals surface area contributed by atoms with Gasteiger partial charge in [-0.3, -0.25) is 0 Å². The molecule has 0 bridgehead atoms. The lowest BCUT2D eigenvalue weighted by atomic mass is 10.1. The van der Waals surface area contributed by atoms with Gasteiger partial charge in [0.1, 0.15) is 0 Å². The summed E-state index contributed by atoms with van der Waals surface area (Å²) in [4.78, 5) is 0. The SMILES string of the molecule is Cn1ccc2c(CCO)cccc21. The van der Waals surface area contributed by atoms with Crippen LogP contribution in [0.2, 0.25) is 0 Å². The molecule has 1 aromatic carbocycles. The molecule has 1 heterocycles. The first-order chi connectivity index (χ1) is 6.33. The second-order valence-corrected chi connectivity index (χ2v) is 3.25. The number of aryl methyl sites for hydroxylation is 1. The third-order valence-electron chi connectivity index (χ3n) is 2.40. The quantitative estimate of drug-likeness (QED) is 0.738. The van der Waals surface area contributed by atoms with Crippen LogP contribution in [0.1, 0.15) is 5.56 Å². The van der Waals surface area contributed by atoms with Crippen LogP contribution in [0.15, 0.2) is 30.5 Å². The number of aromatic nitrogens is 1. The van der Waals surface area contributed by atoms with Crippen molar-refractivity contribution in [1.29, 1.82) is 0 Å². The lowest BCUT2D eigenvalue weighted by molar-refractivity contribution is 0.300. The molecule has 1 aromatic heterocycles.